The third kappa shape index (κ3) is 3.94. The third-order valence-electron chi connectivity index (χ3n) is 3.18. The van der Waals surface area contributed by atoms with E-state index in [4.69, 9.17) is 4.74 Å². The molecular formula is C17H14BrN5O. The number of anilines is 1. The van der Waals surface area contributed by atoms with Gasteiger partial charge in [0.05, 0.1) is 29.7 Å². The van der Waals surface area contributed by atoms with Crippen molar-refractivity contribution in [1.29, 1.82) is 0 Å². The van der Waals surface area contributed by atoms with Crippen LogP contribution in [0.1, 0.15) is 5.56 Å². The topological polar surface area (TPSA) is 72.3 Å². The van der Waals surface area contributed by atoms with Crippen LogP contribution >= 0.6 is 15.9 Å². The Morgan fingerprint density at radius 3 is 2.75 bits per heavy atom. The zero-order valence-electron chi connectivity index (χ0n) is 12.8. The van der Waals surface area contributed by atoms with E-state index in [1.165, 1.54) is 0 Å². The van der Waals surface area contributed by atoms with Gasteiger partial charge < -0.3 is 4.74 Å². The van der Waals surface area contributed by atoms with E-state index < -0.39 is 0 Å². The molecule has 24 heavy (non-hydrogen) atoms. The van der Waals surface area contributed by atoms with E-state index in [1.807, 2.05) is 48.5 Å². The zero-order valence-corrected chi connectivity index (χ0v) is 14.4. The van der Waals surface area contributed by atoms with E-state index in [-0.39, 0.29) is 0 Å². The molecule has 0 aliphatic rings. The molecule has 3 aromatic rings. The summed E-state index contributed by atoms with van der Waals surface area (Å²) in [5, 5.41) is 12.0. The predicted molar refractivity (Wildman–Crippen MR) is 97.2 cm³/mol. The van der Waals surface area contributed by atoms with Gasteiger partial charge in [0.2, 0.25) is 0 Å². The van der Waals surface area contributed by atoms with Gasteiger partial charge in [0, 0.05) is 5.56 Å². The van der Waals surface area contributed by atoms with E-state index in [2.05, 4.69) is 41.6 Å². The Morgan fingerprint density at radius 1 is 1.17 bits per heavy atom. The summed E-state index contributed by atoms with van der Waals surface area (Å²) < 4.78 is 6.05. The largest absolute Gasteiger partial charge is 0.496 e. The Labute approximate surface area is 147 Å². The minimum Gasteiger partial charge on any atom is -0.496 e. The number of halogens is 1. The van der Waals surface area contributed by atoms with E-state index in [0.717, 1.165) is 27.0 Å². The van der Waals surface area contributed by atoms with Crippen LogP contribution in [0.4, 0.5) is 5.95 Å². The van der Waals surface area contributed by atoms with Gasteiger partial charge in [-0.3, -0.25) is 0 Å². The fourth-order valence-electron chi connectivity index (χ4n) is 2.03. The van der Waals surface area contributed by atoms with Crippen molar-refractivity contribution >= 4 is 28.1 Å². The van der Waals surface area contributed by atoms with Gasteiger partial charge in [0.1, 0.15) is 5.75 Å². The van der Waals surface area contributed by atoms with Crippen molar-refractivity contribution in [3.05, 3.63) is 64.8 Å². The Morgan fingerprint density at radius 2 is 2.00 bits per heavy atom. The molecule has 0 bridgehead atoms. The minimum absolute atomic E-state index is 0.334. The molecule has 1 N–H and O–H groups in total. The number of rotatable bonds is 5. The highest BCUT2D eigenvalue weighted by Crippen LogP contribution is 2.24. The molecule has 3 rings (SSSR count). The van der Waals surface area contributed by atoms with Gasteiger partial charge in [0.15, 0.2) is 0 Å². The van der Waals surface area contributed by atoms with Crippen molar-refractivity contribution in [2.75, 3.05) is 12.5 Å². The molecule has 7 heteroatoms. The summed E-state index contributed by atoms with van der Waals surface area (Å²) in [6.07, 6.45) is 3.29. The molecule has 0 radical (unpaired) electrons. The average Bonchev–Trinajstić information content (AvgIpc) is 2.63. The summed E-state index contributed by atoms with van der Waals surface area (Å²) in [4.78, 5) is 4.39. The Bertz CT molecular complexity index is 855. The molecule has 2 aromatic carbocycles. The van der Waals surface area contributed by atoms with Crippen LogP contribution < -0.4 is 10.2 Å². The highest BCUT2D eigenvalue weighted by Gasteiger charge is 2.02. The number of aromatic nitrogens is 3. The van der Waals surface area contributed by atoms with E-state index in [0.29, 0.717) is 5.95 Å². The lowest BCUT2D eigenvalue weighted by Gasteiger charge is -2.03. The molecule has 0 saturated carbocycles. The fourth-order valence-corrected chi connectivity index (χ4v) is 2.58. The second-order valence-electron chi connectivity index (χ2n) is 4.80. The van der Waals surface area contributed by atoms with Gasteiger partial charge in [-0.1, -0.05) is 30.3 Å². The molecular weight excluding hydrogens is 370 g/mol. The predicted octanol–water partition coefficient (Wildman–Crippen LogP) is 3.76. The highest BCUT2D eigenvalue weighted by molar-refractivity contribution is 9.10. The van der Waals surface area contributed by atoms with Crippen LogP contribution in [0.5, 0.6) is 5.75 Å². The van der Waals surface area contributed by atoms with Crippen LogP contribution in [0.25, 0.3) is 11.3 Å². The lowest BCUT2D eigenvalue weighted by molar-refractivity contribution is 0.412. The van der Waals surface area contributed by atoms with E-state index >= 15 is 0 Å². The number of methoxy groups -OCH3 is 1. The van der Waals surface area contributed by atoms with Crippen LogP contribution in [-0.4, -0.2) is 28.5 Å². The smallest absolute Gasteiger partial charge is 0.263 e. The molecule has 0 aliphatic carbocycles. The number of hydrogen-bond acceptors (Lipinski definition) is 6. The monoisotopic (exact) mass is 383 g/mol. The molecule has 0 spiro atoms. The van der Waals surface area contributed by atoms with Gasteiger partial charge in [-0.25, -0.2) is 10.4 Å². The van der Waals surface area contributed by atoms with Gasteiger partial charge >= 0.3 is 0 Å². The Balaban J connectivity index is 1.72. The van der Waals surface area contributed by atoms with Crippen molar-refractivity contribution in [2.24, 2.45) is 5.10 Å². The van der Waals surface area contributed by atoms with Gasteiger partial charge in [-0.15, -0.1) is 5.10 Å². The second-order valence-corrected chi connectivity index (χ2v) is 5.65. The first-order valence-electron chi connectivity index (χ1n) is 7.14. The highest BCUT2D eigenvalue weighted by atomic mass is 79.9. The summed E-state index contributed by atoms with van der Waals surface area (Å²) in [7, 11) is 1.62. The SMILES string of the molecule is COc1ccc(C=NNc2nncc(-c3ccccc3)n2)cc1Br. The normalized spacial score (nSPS) is 10.8. The van der Waals surface area contributed by atoms with Gasteiger partial charge in [-0.2, -0.15) is 10.2 Å². The first-order valence-corrected chi connectivity index (χ1v) is 7.93. The van der Waals surface area contributed by atoms with Crippen molar-refractivity contribution in [3.63, 3.8) is 0 Å². The van der Waals surface area contributed by atoms with Crippen LogP contribution in [0.15, 0.2) is 64.3 Å². The molecule has 6 nitrogen and oxygen atoms in total. The second kappa shape index (κ2) is 7.65. The molecule has 1 heterocycles. The fraction of sp³-hybridized carbons (Fsp3) is 0.0588. The molecule has 0 unspecified atom stereocenters. The van der Waals surface area contributed by atoms with Crippen molar-refractivity contribution in [1.82, 2.24) is 15.2 Å². The lowest BCUT2D eigenvalue weighted by Crippen LogP contribution is -2.00. The molecule has 0 aliphatic heterocycles. The number of hydrazone groups is 1. The van der Waals surface area contributed by atoms with Crippen LogP contribution in [-0.2, 0) is 0 Å². The molecule has 0 amide bonds. The number of ether oxygens (including phenoxy) is 1. The zero-order chi connectivity index (χ0) is 16.8. The first kappa shape index (κ1) is 16.1. The molecule has 0 atom stereocenters. The third-order valence-corrected chi connectivity index (χ3v) is 3.80. The van der Waals surface area contributed by atoms with Crippen molar-refractivity contribution < 1.29 is 4.74 Å². The van der Waals surface area contributed by atoms with Crippen LogP contribution in [0.2, 0.25) is 0 Å². The average molecular weight is 384 g/mol. The minimum atomic E-state index is 0.334. The van der Waals surface area contributed by atoms with Crippen molar-refractivity contribution in [3.8, 4) is 17.0 Å². The standard InChI is InChI=1S/C17H14BrN5O/c1-24-16-8-7-12(9-14(16)18)10-19-22-17-21-15(11-20-23-17)13-5-3-2-4-6-13/h2-11H,1H3,(H,21,22,23). The number of benzene rings is 2. The molecule has 0 saturated heterocycles. The molecule has 1 aromatic heterocycles. The van der Waals surface area contributed by atoms with Gasteiger partial charge in [-0.05, 0) is 39.7 Å². The Hall–Kier alpha value is -2.80. The summed E-state index contributed by atoms with van der Waals surface area (Å²) in [6.45, 7) is 0. The quantitative estimate of drug-likeness (QED) is 0.536. The van der Waals surface area contributed by atoms with E-state index in [1.54, 1.807) is 19.5 Å². The number of nitrogens with one attached hydrogen (secondary N) is 1. The maximum Gasteiger partial charge on any atom is 0.263 e. The number of nitrogens with zero attached hydrogens (tertiary/aromatic N) is 4. The maximum absolute atomic E-state index is 5.19. The van der Waals surface area contributed by atoms with Crippen LogP contribution in [0.3, 0.4) is 0 Å². The Kier molecular flexibility index (Phi) is 5.12. The summed E-state index contributed by atoms with van der Waals surface area (Å²) in [6, 6.07) is 15.4. The molecule has 0 fully saturated rings. The van der Waals surface area contributed by atoms with E-state index in [9.17, 15) is 0 Å². The van der Waals surface area contributed by atoms with Crippen molar-refractivity contribution in [2.45, 2.75) is 0 Å². The van der Waals surface area contributed by atoms with Gasteiger partial charge in [0.25, 0.3) is 5.95 Å². The summed E-state index contributed by atoms with van der Waals surface area (Å²) in [5.74, 6) is 1.10. The number of hydrogen-bond donors (Lipinski definition) is 1. The maximum atomic E-state index is 5.19. The summed E-state index contributed by atoms with van der Waals surface area (Å²) in [5.41, 5.74) is 5.40. The summed E-state index contributed by atoms with van der Waals surface area (Å²) >= 11 is 3.44. The first-order chi connectivity index (χ1) is 11.8. The lowest BCUT2D eigenvalue weighted by atomic mass is 10.2. The molecule has 120 valence electrons. The van der Waals surface area contributed by atoms with Crippen LogP contribution in [0, 0.1) is 0 Å².